The number of aliphatic carboxylic acids is 1. The van der Waals surface area contributed by atoms with Crippen molar-refractivity contribution in [3.8, 4) is 11.1 Å². The minimum atomic E-state index is -0.984. The van der Waals surface area contributed by atoms with E-state index in [0.717, 1.165) is 0 Å². The molecule has 3 rings (SSSR count). The highest BCUT2D eigenvalue weighted by Crippen LogP contribution is 2.44. The van der Waals surface area contributed by atoms with Gasteiger partial charge in [-0.05, 0) is 35.1 Å². The molecule has 0 heterocycles. The van der Waals surface area contributed by atoms with Crippen LogP contribution < -0.4 is 10.6 Å². The lowest BCUT2D eigenvalue weighted by Crippen LogP contribution is -2.27. The highest BCUT2D eigenvalue weighted by atomic mass is 16.6. The van der Waals surface area contributed by atoms with Crippen molar-refractivity contribution in [1.29, 1.82) is 0 Å². The maximum Gasteiger partial charge on any atom is 0.407 e. The molecule has 2 aromatic carbocycles. The van der Waals surface area contributed by atoms with Crippen molar-refractivity contribution in [3.05, 3.63) is 59.7 Å². The summed E-state index contributed by atoms with van der Waals surface area (Å²) >= 11 is 0. The van der Waals surface area contributed by atoms with Gasteiger partial charge in [-0.15, -0.1) is 0 Å². The van der Waals surface area contributed by atoms with Gasteiger partial charge in [0.25, 0.3) is 0 Å². The highest BCUT2D eigenvalue weighted by Gasteiger charge is 2.28. The average Bonchev–Trinajstić information content (AvgIpc) is 3.31. The van der Waals surface area contributed by atoms with E-state index in [1.807, 2.05) is 38.1 Å². The van der Waals surface area contributed by atoms with Gasteiger partial charge in [0, 0.05) is 38.6 Å². The van der Waals surface area contributed by atoms with Crippen LogP contribution in [0.1, 0.15) is 56.6 Å². The minimum absolute atomic E-state index is 0.0127. The van der Waals surface area contributed by atoms with E-state index in [2.05, 4.69) is 34.9 Å². The van der Waals surface area contributed by atoms with Crippen LogP contribution in [0, 0.1) is 0 Å². The third-order valence-corrected chi connectivity index (χ3v) is 6.18. The fraction of sp³-hybridized carbons (Fsp3) is 0.516. The number of carboxylic acid groups (broad SMARTS) is 1. The molecule has 3 N–H and O–H groups in total. The first kappa shape index (κ1) is 33.7. The van der Waals surface area contributed by atoms with Gasteiger partial charge in [0.2, 0.25) is 5.91 Å². The van der Waals surface area contributed by atoms with Crippen molar-refractivity contribution in [2.45, 2.75) is 45.4 Å². The number of fused-ring (bicyclic) bond motifs is 3. The van der Waals surface area contributed by atoms with Gasteiger partial charge < -0.3 is 34.7 Å². The molecule has 10 nitrogen and oxygen atoms in total. The Kier molecular flexibility index (Phi) is 16.8. The summed E-state index contributed by atoms with van der Waals surface area (Å²) in [5.74, 6) is -1.21. The number of nitrogens with one attached hydrogen (secondary N) is 2. The standard InChI is InChI=1S/C29H38N2O8.C2H6/c32-27(11-12-28(33)34)30-13-5-15-36-17-19-38-20-18-37-16-6-14-31-29(35)39-21-26-24-9-3-1-7-22(24)23-8-2-4-10-25(23)26;1-2/h1-4,7-10,26H,5-6,11-21H2,(H,30,32)(H,31,35)(H,33,34);1-2H3. The van der Waals surface area contributed by atoms with Crippen LogP contribution in [0.5, 0.6) is 0 Å². The van der Waals surface area contributed by atoms with E-state index in [-0.39, 0.29) is 24.7 Å². The number of carbonyl (C=O) groups excluding carboxylic acids is 2. The van der Waals surface area contributed by atoms with Crippen molar-refractivity contribution < 1.29 is 38.4 Å². The maximum atomic E-state index is 12.2. The van der Waals surface area contributed by atoms with Crippen LogP contribution in [0.3, 0.4) is 0 Å². The van der Waals surface area contributed by atoms with Crippen LogP contribution in [-0.4, -0.2) is 82.4 Å². The third kappa shape index (κ3) is 12.7. The predicted octanol–water partition coefficient (Wildman–Crippen LogP) is 4.36. The summed E-state index contributed by atoms with van der Waals surface area (Å²) in [6.45, 7) is 7.97. The molecule has 0 atom stereocenters. The molecule has 2 aromatic rings. The van der Waals surface area contributed by atoms with Crippen LogP contribution in [0.25, 0.3) is 11.1 Å². The Morgan fingerprint density at radius 3 is 1.73 bits per heavy atom. The Bertz CT molecular complexity index is 1020. The van der Waals surface area contributed by atoms with Crippen molar-refractivity contribution in [3.63, 3.8) is 0 Å². The molecule has 0 spiro atoms. The number of carboxylic acids is 1. The molecule has 226 valence electrons. The SMILES string of the molecule is CC.O=C(O)CCC(=O)NCCCOCCOCCOCCCNC(=O)OCC1c2ccccc2-c2ccccc21. The number of rotatable bonds is 19. The molecule has 0 saturated carbocycles. The molecule has 0 saturated heterocycles. The molecule has 2 amide bonds. The first-order chi connectivity index (χ1) is 20.1. The maximum absolute atomic E-state index is 12.2. The predicted molar refractivity (Wildman–Crippen MR) is 156 cm³/mol. The van der Waals surface area contributed by atoms with Crippen molar-refractivity contribution in [1.82, 2.24) is 10.6 Å². The molecule has 0 aliphatic heterocycles. The lowest BCUT2D eigenvalue weighted by Gasteiger charge is -2.14. The second kappa shape index (κ2) is 20.4. The Morgan fingerprint density at radius 1 is 0.707 bits per heavy atom. The largest absolute Gasteiger partial charge is 0.481 e. The quantitative estimate of drug-likeness (QED) is 0.212. The minimum Gasteiger partial charge on any atom is -0.481 e. The van der Waals surface area contributed by atoms with E-state index < -0.39 is 12.1 Å². The molecule has 0 aromatic heterocycles. The normalized spacial score (nSPS) is 11.6. The van der Waals surface area contributed by atoms with E-state index in [1.165, 1.54) is 22.3 Å². The zero-order valence-electron chi connectivity index (χ0n) is 24.2. The van der Waals surface area contributed by atoms with Crippen LogP contribution >= 0.6 is 0 Å². The average molecular weight is 573 g/mol. The van der Waals surface area contributed by atoms with E-state index >= 15 is 0 Å². The van der Waals surface area contributed by atoms with Crippen LogP contribution in [0.4, 0.5) is 4.79 Å². The second-order valence-electron chi connectivity index (χ2n) is 9.04. The molecule has 0 radical (unpaired) electrons. The summed E-state index contributed by atoms with van der Waals surface area (Å²) in [7, 11) is 0. The molecule has 0 bridgehead atoms. The van der Waals surface area contributed by atoms with Crippen molar-refractivity contribution >= 4 is 18.0 Å². The Hall–Kier alpha value is -3.47. The van der Waals surface area contributed by atoms with Crippen LogP contribution in [-0.2, 0) is 28.5 Å². The van der Waals surface area contributed by atoms with E-state index in [1.54, 1.807) is 0 Å². The highest BCUT2D eigenvalue weighted by molar-refractivity contribution is 5.80. The molecule has 0 fully saturated rings. The lowest BCUT2D eigenvalue weighted by molar-refractivity contribution is -0.138. The van der Waals surface area contributed by atoms with Crippen LogP contribution in [0.2, 0.25) is 0 Å². The first-order valence-corrected chi connectivity index (χ1v) is 14.4. The van der Waals surface area contributed by atoms with Gasteiger partial charge in [-0.3, -0.25) is 9.59 Å². The fourth-order valence-corrected chi connectivity index (χ4v) is 4.27. The summed E-state index contributed by atoms with van der Waals surface area (Å²) in [5.41, 5.74) is 4.77. The lowest BCUT2D eigenvalue weighted by atomic mass is 9.98. The van der Waals surface area contributed by atoms with Crippen molar-refractivity contribution in [2.75, 3.05) is 59.3 Å². The first-order valence-electron chi connectivity index (χ1n) is 14.4. The van der Waals surface area contributed by atoms with Crippen molar-refractivity contribution in [2.24, 2.45) is 0 Å². The number of hydrogen-bond donors (Lipinski definition) is 3. The molecule has 0 unspecified atom stereocenters. The van der Waals surface area contributed by atoms with Gasteiger partial charge in [0.15, 0.2) is 0 Å². The Labute approximate surface area is 242 Å². The number of hydrogen-bond acceptors (Lipinski definition) is 7. The Morgan fingerprint density at radius 2 is 1.20 bits per heavy atom. The topological polar surface area (TPSA) is 132 Å². The van der Waals surface area contributed by atoms with Gasteiger partial charge >= 0.3 is 12.1 Å². The molecular formula is C31H44N2O8. The fourth-order valence-electron chi connectivity index (χ4n) is 4.27. The summed E-state index contributed by atoms with van der Waals surface area (Å²) < 4.78 is 21.9. The molecule has 1 aliphatic carbocycles. The number of alkyl carbamates (subject to hydrolysis) is 1. The number of ether oxygens (including phenoxy) is 4. The zero-order chi connectivity index (χ0) is 29.7. The summed E-state index contributed by atoms with van der Waals surface area (Å²) in [6.07, 6.45) is 0.704. The second-order valence-corrected chi connectivity index (χ2v) is 9.04. The number of carbonyl (C=O) groups is 3. The van der Waals surface area contributed by atoms with E-state index in [9.17, 15) is 14.4 Å². The molecule has 10 heteroatoms. The summed E-state index contributed by atoms with van der Waals surface area (Å²) in [6, 6.07) is 16.5. The van der Waals surface area contributed by atoms with Gasteiger partial charge in [0.05, 0.1) is 32.8 Å². The third-order valence-electron chi connectivity index (χ3n) is 6.18. The number of benzene rings is 2. The molecule has 41 heavy (non-hydrogen) atoms. The monoisotopic (exact) mass is 572 g/mol. The molecule has 1 aliphatic rings. The smallest absolute Gasteiger partial charge is 0.407 e. The molecular weight excluding hydrogens is 528 g/mol. The van der Waals surface area contributed by atoms with E-state index in [0.29, 0.717) is 72.2 Å². The van der Waals surface area contributed by atoms with Crippen LogP contribution in [0.15, 0.2) is 48.5 Å². The van der Waals surface area contributed by atoms with E-state index in [4.69, 9.17) is 24.1 Å². The number of amides is 2. The zero-order valence-corrected chi connectivity index (χ0v) is 24.2. The van der Waals surface area contributed by atoms with Gasteiger partial charge in [-0.25, -0.2) is 4.79 Å². The summed E-state index contributed by atoms with van der Waals surface area (Å²) in [4.78, 5) is 33.9. The van der Waals surface area contributed by atoms with Gasteiger partial charge in [-0.2, -0.15) is 0 Å². The Balaban J connectivity index is 0.00000287. The van der Waals surface area contributed by atoms with Gasteiger partial charge in [0.1, 0.15) is 6.61 Å². The van der Waals surface area contributed by atoms with Gasteiger partial charge in [-0.1, -0.05) is 62.4 Å². The summed E-state index contributed by atoms with van der Waals surface area (Å²) in [5, 5.41) is 13.9.